The number of benzene rings is 3. The van der Waals surface area contributed by atoms with Gasteiger partial charge in [0.05, 0.1) is 13.2 Å². The van der Waals surface area contributed by atoms with Crippen LogP contribution < -0.4 is 0 Å². The van der Waals surface area contributed by atoms with Crippen LogP contribution in [0.2, 0.25) is 0 Å². The van der Waals surface area contributed by atoms with Crippen LogP contribution >= 0.6 is 43.2 Å². The van der Waals surface area contributed by atoms with Crippen LogP contribution in [0, 0.1) is 0 Å². The second kappa shape index (κ2) is 28.5. The zero-order chi connectivity index (χ0) is 40.5. The Morgan fingerprint density at radius 3 is 1.00 bits per heavy atom. The van der Waals surface area contributed by atoms with Gasteiger partial charge in [-0.2, -0.15) is 0 Å². The molecule has 0 spiro atoms. The highest BCUT2D eigenvalue weighted by molar-refractivity contribution is 9.10. The SMILES string of the molecule is CCCCCCCCCCCCCCCCOC(=O)c1sc(C(=O)OCCCCCCCCCCCCCCCC)c2c3ccc(Br)cc3c3cc(Br)ccc3c12. The van der Waals surface area contributed by atoms with E-state index in [1.165, 1.54) is 165 Å². The van der Waals surface area contributed by atoms with Crippen LogP contribution in [0.5, 0.6) is 0 Å². The Balaban J connectivity index is 1.29. The van der Waals surface area contributed by atoms with Crippen LogP contribution in [-0.2, 0) is 9.47 Å². The van der Waals surface area contributed by atoms with E-state index in [1.807, 2.05) is 24.3 Å². The van der Waals surface area contributed by atoms with Gasteiger partial charge < -0.3 is 9.47 Å². The third-order valence-electron chi connectivity index (χ3n) is 11.5. The normalized spacial score (nSPS) is 11.6. The van der Waals surface area contributed by atoms with Gasteiger partial charge in [-0.05, 0) is 58.7 Å². The minimum Gasteiger partial charge on any atom is -0.461 e. The number of carbonyl (C=O) groups excluding carboxylic acids is 2. The van der Waals surface area contributed by atoms with E-state index in [1.54, 1.807) is 0 Å². The first-order valence-electron chi connectivity index (χ1n) is 23.1. The number of rotatable bonds is 32. The molecule has 4 rings (SSSR count). The molecule has 1 aromatic heterocycles. The number of fused-ring (bicyclic) bond motifs is 6. The van der Waals surface area contributed by atoms with Gasteiger partial charge in [-0.25, -0.2) is 9.59 Å². The highest BCUT2D eigenvalue weighted by Gasteiger charge is 2.27. The average Bonchev–Trinajstić information content (AvgIpc) is 3.62. The predicted molar refractivity (Wildman–Crippen MR) is 253 cm³/mol. The van der Waals surface area contributed by atoms with E-state index in [0.717, 1.165) is 66.9 Å². The van der Waals surface area contributed by atoms with Crippen LogP contribution in [0.3, 0.4) is 0 Å². The van der Waals surface area contributed by atoms with Crippen LogP contribution in [-0.4, -0.2) is 25.2 Å². The van der Waals surface area contributed by atoms with Gasteiger partial charge in [0.15, 0.2) is 0 Å². The molecule has 0 saturated heterocycles. The van der Waals surface area contributed by atoms with Crippen LogP contribution in [0.4, 0.5) is 0 Å². The molecule has 0 atom stereocenters. The number of hydrogen-bond acceptors (Lipinski definition) is 5. The Labute approximate surface area is 366 Å². The standard InChI is InChI=1S/C50H72Br2O4S/c1-3-5-7-9-11-13-15-17-19-21-23-25-27-29-35-55-49(53)47-45-41-33-31-39(51)37-43(41)44-38-40(52)32-34-42(44)46(45)48(57-47)50(54)56-36-30-28-26-24-22-20-18-16-14-12-10-8-6-4-2/h31-34,37-38H,3-30,35-36H2,1-2H3. The quantitative estimate of drug-likeness (QED) is 0.0278. The summed E-state index contributed by atoms with van der Waals surface area (Å²) < 4.78 is 13.8. The molecule has 3 aromatic carbocycles. The molecular weight excluding hydrogens is 856 g/mol. The van der Waals surface area contributed by atoms with Crippen LogP contribution in [0.1, 0.15) is 213 Å². The Morgan fingerprint density at radius 1 is 0.421 bits per heavy atom. The fourth-order valence-electron chi connectivity index (χ4n) is 8.20. The first-order chi connectivity index (χ1) is 28.0. The van der Waals surface area contributed by atoms with E-state index in [9.17, 15) is 9.59 Å². The average molecular weight is 929 g/mol. The third-order valence-corrected chi connectivity index (χ3v) is 13.7. The monoisotopic (exact) mass is 926 g/mol. The minimum absolute atomic E-state index is 0.355. The molecule has 316 valence electrons. The number of halogens is 2. The van der Waals surface area contributed by atoms with E-state index in [-0.39, 0.29) is 11.9 Å². The fraction of sp³-hybridized carbons (Fsp3) is 0.640. The molecular formula is C50H72Br2O4S. The topological polar surface area (TPSA) is 52.6 Å². The van der Waals surface area contributed by atoms with Crippen molar-refractivity contribution < 1.29 is 19.1 Å². The van der Waals surface area contributed by atoms with Crippen molar-refractivity contribution in [3.63, 3.8) is 0 Å². The van der Waals surface area contributed by atoms with E-state index < -0.39 is 0 Å². The maximum absolute atomic E-state index is 13.9. The van der Waals surface area contributed by atoms with Crippen LogP contribution in [0.15, 0.2) is 45.3 Å². The molecule has 0 unspecified atom stereocenters. The summed E-state index contributed by atoms with van der Waals surface area (Å²) in [5.41, 5.74) is 0. The lowest BCUT2D eigenvalue weighted by Gasteiger charge is -2.11. The Kier molecular flexibility index (Phi) is 23.9. The second-order valence-corrected chi connectivity index (χ2v) is 19.2. The predicted octanol–water partition coefficient (Wildman–Crippen LogP) is 18.0. The first kappa shape index (κ1) is 47.7. The summed E-state index contributed by atoms with van der Waals surface area (Å²) in [6.07, 6.45) is 35.9. The molecule has 0 aliphatic heterocycles. The lowest BCUT2D eigenvalue weighted by molar-refractivity contribution is 0.0499. The van der Waals surface area contributed by atoms with Crippen molar-refractivity contribution in [3.05, 3.63) is 55.1 Å². The Hall–Kier alpha value is -1.96. The maximum atomic E-state index is 13.9. The van der Waals surface area contributed by atoms with Gasteiger partial charge in [0.2, 0.25) is 0 Å². The number of esters is 2. The summed E-state index contributed by atoms with van der Waals surface area (Å²) in [5, 5.41) is 5.48. The van der Waals surface area contributed by atoms with Crippen molar-refractivity contribution in [2.24, 2.45) is 0 Å². The van der Waals surface area contributed by atoms with Gasteiger partial charge in [-0.3, -0.25) is 0 Å². The van der Waals surface area contributed by atoms with Gasteiger partial charge in [0, 0.05) is 19.7 Å². The van der Waals surface area contributed by atoms with E-state index in [0.29, 0.717) is 23.0 Å². The molecule has 0 radical (unpaired) electrons. The summed E-state index contributed by atoms with van der Waals surface area (Å²) in [6, 6.07) is 12.3. The van der Waals surface area contributed by atoms with Gasteiger partial charge in [-0.1, -0.05) is 225 Å². The molecule has 57 heavy (non-hydrogen) atoms. The number of ether oxygens (including phenoxy) is 2. The largest absolute Gasteiger partial charge is 0.461 e. The van der Waals surface area contributed by atoms with E-state index in [4.69, 9.17) is 9.47 Å². The second-order valence-electron chi connectivity index (χ2n) is 16.4. The van der Waals surface area contributed by atoms with Crippen molar-refractivity contribution in [1.82, 2.24) is 0 Å². The molecule has 0 saturated carbocycles. The van der Waals surface area contributed by atoms with Gasteiger partial charge >= 0.3 is 11.9 Å². The van der Waals surface area contributed by atoms with Crippen LogP contribution in [0.25, 0.3) is 32.3 Å². The Morgan fingerprint density at radius 2 is 0.702 bits per heavy atom. The third kappa shape index (κ3) is 16.5. The lowest BCUT2D eigenvalue weighted by Crippen LogP contribution is -2.06. The Bertz CT molecular complexity index is 1640. The summed E-state index contributed by atoms with van der Waals surface area (Å²) in [6.45, 7) is 5.33. The van der Waals surface area contributed by atoms with Crippen molar-refractivity contribution in [2.45, 2.75) is 194 Å². The maximum Gasteiger partial charge on any atom is 0.348 e. The van der Waals surface area contributed by atoms with E-state index >= 15 is 0 Å². The zero-order valence-electron chi connectivity index (χ0n) is 35.5. The highest BCUT2D eigenvalue weighted by Crippen LogP contribution is 2.44. The molecule has 7 heteroatoms. The number of unbranched alkanes of at least 4 members (excludes halogenated alkanes) is 26. The van der Waals surface area contributed by atoms with Gasteiger partial charge in [0.25, 0.3) is 0 Å². The van der Waals surface area contributed by atoms with Crippen molar-refractivity contribution in [1.29, 1.82) is 0 Å². The van der Waals surface area contributed by atoms with Gasteiger partial charge in [0.1, 0.15) is 9.75 Å². The summed E-state index contributed by atoms with van der Waals surface area (Å²) in [4.78, 5) is 28.7. The molecule has 0 N–H and O–H groups in total. The fourth-order valence-corrected chi connectivity index (χ4v) is 10.0. The first-order valence-corrected chi connectivity index (χ1v) is 25.5. The molecule has 0 aliphatic rings. The van der Waals surface area contributed by atoms with Gasteiger partial charge in [-0.15, -0.1) is 11.3 Å². The molecule has 4 nitrogen and oxygen atoms in total. The van der Waals surface area contributed by atoms with Crippen molar-refractivity contribution in [2.75, 3.05) is 13.2 Å². The van der Waals surface area contributed by atoms with Crippen molar-refractivity contribution in [3.8, 4) is 0 Å². The molecule has 0 fully saturated rings. The summed E-state index contributed by atoms with van der Waals surface area (Å²) >= 11 is 8.56. The summed E-state index contributed by atoms with van der Waals surface area (Å²) in [7, 11) is 0. The smallest absolute Gasteiger partial charge is 0.348 e. The molecule has 0 aliphatic carbocycles. The number of carbonyl (C=O) groups is 2. The molecule has 0 bridgehead atoms. The van der Waals surface area contributed by atoms with Crippen molar-refractivity contribution >= 4 is 87.5 Å². The highest BCUT2D eigenvalue weighted by atomic mass is 79.9. The zero-order valence-corrected chi connectivity index (χ0v) is 39.5. The number of thiophene rings is 1. The van der Waals surface area contributed by atoms with E-state index in [2.05, 4.69) is 57.8 Å². The lowest BCUT2D eigenvalue weighted by atomic mass is 9.94. The number of hydrogen-bond donors (Lipinski definition) is 0. The molecule has 4 aromatic rings. The molecule has 0 amide bonds. The molecule has 1 heterocycles. The summed E-state index contributed by atoms with van der Waals surface area (Å²) in [5.74, 6) is -0.710. The minimum atomic E-state index is -0.355.